The van der Waals surface area contributed by atoms with Crippen LogP contribution in [-0.4, -0.2) is 41.2 Å². The molecule has 2 aromatic rings. The average molecular weight is 389 g/mol. The average Bonchev–Trinajstić information content (AvgIpc) is 3.14. The summed E-state index contributed by atoms with van der Waals surface area (Å²) in [6.07, 6.45) is 3.53. The zero-order valence-electron chi connectivity index (χ0n) is 15.9. The summed E-state index contributed by atoms with van der Waals surface area (Å²) in [5.41, 5.74) is 0. The molecule has 1 amide bonds. The number of nitrogens with one attached hydrogen (secondary N) is 1. The van der Waals surface area contributed by atoms with Gasteiger partial charge in [0.15, 0.2) is 5.76 Å². The van der Waals surface area contributed by atoms with Crippen LogP contribution in [0.25, 0.3) is 0 Å². The van der Waals surface area contributed by atoms with Crippen molar-refractivity contribution >= 4 is 16.7 Å². The lowest BCUT2D eigenvalue weighted by molar-refractivity contribution is 0.0921. The molecule has 1 saturated heterocycles. The molecule has 0 bridgehead atoms. The first-order chi connectivity index (χ1) is 13.1. The van der Waals surface area contributed by atoms with Gasteiger partial charge in [-0.2, -0.15) is 0 Å². The second-order valence-electron chi connectivity index (χ2n) is 7.23. The summed E-state index contributed by atoms with van der Waals surface area (Å²) in [5.74, 6) is 1.67. The van der Waals surface area contributed by atoms with Gasteiger partial charge in [0.05, 0.1) is 16.6 Å². The molecule has 2 heterocycles. The van der Waals surface area contributed by atoms with Crippen molar-refractivity contribution in [3.05, 3.63) is 54.0 Å². The largest absolute Gasteiger partial charge is 0.455 e. The third-order valence-corrected chi connectivity index (χ3v) is 6.19. The molecule has 0 unspecified atom stereocenters. The van der Waals surface area contributed by atoms with E-state index in [4.69, 9.17) is 4.42 Å². The summed E-state index contributed by atoms with van der Waals surface area (Å²) in [6, 6.07) is 12.6. The maximum atomic E-state index is 12.3. The Hall–Kier alpha value is -1.92. The van der Waals surface area contributed by atoms with Crippen molar-refractivity contribution in [1.29, 1.82) is 0 Å². The van der Waals surface area contributed by atoms with Crippen molar-refractivity contribution in [2.24, 2.45) is 5.92 Å². The molecule has 0 aliphatic carbocycles. The summed E-state index contributed by atoms with van der Waals surface area (Å²) < 4.78 is 17.9. The minimum atomic E-state index is -1.18. The monoisotopic (exact) mass is 388 g/mol. The Morgan fingerprint density at radius 3 is 2.85 bits per heavy atom. The molecule has 6 heteroatoms. The fourth-order valence-corrected chi connectivity index (χ4v) is 4.48. The lowest BCUT2D eigenvalue weighted by Crippen LogP contribution is -2.36. The number of hydrogen-bond donors (Lipinski definition) is 1. The molecule has 27 heavy (non-hydrogen) atoms. The van der Waals surface area contributed by atoms with Crippen LogP contribution in [0.15, 0.2) is 51.8 Å². The smallest absolute Gasteiger partial charge is 0.286 e. The molecular formula is C21H28N2O3S. The molecule has 1 aliphatic rings. The Bertz CT molecular complexity index is 760. The zero-order valence-corrected chi connectivity index (χ0v) is 16.7. The number of carbonyl (C=O) groups is 1. The molecule has 3 rings (SSSR count). The summed E-state index contributed by atoms with van der Waals surface area (Å²) in [7, 11) is -1.18. The summed E-state index contributed by atoms with van der Waals surface area (Å²) in [6.45, 7) is 6.28. The van der Waals surface area contributed by atoms with Gasteiger partial charge in [0, 0.05) is 18.0 Å². The number of hydrogen-bond acceptors (Lipinski definition) is 4. The maximum Gasteiger partial charge on any atom is 0.286 e. The van der Waals surface area contributed by atoms with Gasteiger partial charge in [0.2, 0.25) is 0 Å². The first-order valence-electron chi connectivity index (χ1n) is 9.64. The SMILES string of the molecule is C[C@@H]1CCCN(CCCNC(=O)c2ccc(C[S@@](=O)c3ccccc3)o2)C1. The molecular weight excluding hydrogens is 360 g/mol. The van der Waals surface area contributed by atoms with Crippen LogP contribution in [0.4, 0.5) is 0 Å². The number of benzene rings is 1. The Balaban J connectivity index is 1.41. The van der Waals surface area contributed by atoms with Crippen molar-refractivity contribution in [3.8, 4) is 0 Å². The third-order valence-electron chi connectivity index (χ3n) is 4.84. The molecule has 0 spiro atoms. The number of furan rings is 1. The van der Waals surface area contributed by atoms with E-state index in [-0.39, 0.29) is 17.4 Å². The number of nitrogens with zero attached hydrogens (tertiary/aromatic N) is 1. The fourth-order valence-electron chi connectivity index (χ4n) is 3.44. The zero-order chi connectivity index (χ0) is 19.1. The van der Waals surface area contributed by atoms with Crippen LogP contribution < -0.4 is 5.32 Å². The molecule has 1 fully saturated rings. The van der Waals surface area contributed by atoms with Crippen LogP contribution in [-0.2, 0) is 16.6 Å². The summed E-state index contributed by atoms with van der Waals surface area (Å²) in [4.78, 5) is 15.5. The first kappa shape index (κ1) is 19.8. The van der Waals surface area contributed by atoms with Crippen molar-refractivity contribution < 1.29 is 13.4 Å². The molecule has 1 aromatic heterocycles. The van der Waals surface area contributed by atoms with E-state index in [1.165, 1.54) is 19.4 Å². The highest BCUT2D eigenvalue weighted by molar-refractivity contribution is 7.84. The highest BCUT2D eigenvalue weighted by Crippen LogP contribution is 2.16. The van der Waals surface area contributed by atoms with E-state index in [2.05, 4.69) is 17.1 Å². The van der Waals surface area contributed by atoms with Gasteiger partial charge in [-0.3, -0.25) is 9.00 Å². The van der Waals surface area contributed by atoms with E-state index in [1.54, 1.807) is 12.1 Å². The number of amides is 1. The molecule has 1 N–H and O–H groups in total. The third kappa shape index (κ3) is 6.04. The van der Waals surface area contributed by atoms with E-state index in [0.717, 1.165) is 30.3 Å². The van der Waals surface area contributed by atoms with Gasteiger partial charge in [-0.05, 0) is 62.5 Å². The van der Waals surface area contributed by atoms with E-state index in [9.17, 15) is 9.00 Å². The van der Waals surface area contributed by atoms with Crippen LogP contribution in [0.2, 0.25) is 0 Å². The number of piperidine rings is 1. The Morgan fingerprint density at radius 2 is 2.07 bits per heavy atom. The van der Waals surface area contributed by atoms with Crippen molar-refractivity contribution in [2.45, 2.75) is 36.8 Å². The minimum absolute atomic E-state index is 0.209. The molecule has 0 radical (unpaired) electrons. The standard InChI is InChI=1S/C21H28N2O3S/c1-17-7-5-13-23(15-17)14-6-12-22-21(24)20-11-10-18(26-20)16-27(25)19-8-3-2-4-9-19/h2-4,8-11,17H,5-7,12-16H2,1H3,(H,22,24)/t17-,27-/m1/s1. The van der Waals surface area contributed by atoms with Gasteiger partial charge in [-0.1, -0.05) is 25.1 Å². The number of rotatable bonds is 8. The maximum absolute atomic E-state index is 12.3. The second-order valence-corrected chi connectivity index (χ2v) is 8.68. The first-order valence-corrected chi connectivity index (χ1v) is 11.0. The Morgan fingerprint density at radius 1 is 1.26 bits per heavy atom. The Kier molecular flexibility index (Phi) is 7.24. The lowest BCUT2D eigenvalue weighted by atomic mass is 10.0. The highest BCUT2D eigenvalue weighted by atomic mass is 32.2. The Labute approximate surface area is 163 Å². The predicted octanol–water partition coefficient (Wildman–Crippen LogP) is 3.44. The van der Waals surface area contributed by atoms with Gasteiger partial charge >= 0.3 is 0 Å². The quantitative estimate of drug-likeness (QED) is 0.704. The fraction of sp³-hybridized carbons (Fsp3) is 0.476. The van der Waals surface area contributed by atoms with Crippen molar-refractivity contribution in [2.75, 3.05) is 26.2 Å². The van der Waals surface area contributed by atoms with E-state index in [0.29, 0.717) is 12.3 Å². The van der Waals surface area contributed by atoms with Crippen LogP contribution in [0.3, 0.4) is 0 Å². The van der Waals surface area contributed by atoms with Crippen LogP contribution in [0.1, 0.15) is 42.5 Å². The second kappa shape index (κ2) is 9.85. The van der Waals surface area contributed by atoms with Crippen LogP contribution in [0, 0.1) is 5.92 Å². The number of likely N-dealkylation sites (tertiary alicyclic amines) is 1. The van der Waals surface area contributed by atoms with E-state index < -0.39 is 10.8 Å². The minimum Gasteiger partial charge on any atom is -0.455 e. The summed E-state index contributed by atoms with van der Waals surface area (Å²) >= 11 is 0. The van der Waals surface area contributed by atoms with Gasteiger partial charge in [-0.15, -0.1) is 0 Å². The van der Waals surface area contributed by atoms with Crippen LogP contribution >= 0.6 is 0 Å². The van der Waals surface area contributed by atoms with Gasteiger partial charge in [0.1, 0.15) is 5.76 Å². The predicted molar refractivity (Wildman–Crippen MR) is 107 cm³/mol. The van der Waals surface area contributed by atoms with Crippen molar-refractivity contribution in [1.82, 2.24) is 10.2 Å². The lowest BCUT2D eigenvalue weighted by Gasteiger charge is -2.30. The van der Waals surface area contributed by atoms with Crippen molar-refractivity contribution in [3.63, 3.8) is 0 Å². The normalized spacial score (nSPS) is 18.9. The molecule has 1 aliphatic heterocycles. The van der Waals surface area contributed by atoms with Gasteiger partial charge < -0.3 is 14.6 Å². The van der Waals surface area contributed by atoms with E-state index >= 15 is 0 Å². The molecule has 2 atom stereocenters. The van der Waals surface area contributed by atoms with Gasteiger partial charge in [0.25, 0.3) is 5.91 Å². The molecule has 146 valence electrons. The molecule has 0 saturated carbocycles. The summed E-state index contributed by atoms with van der Waals surface area (Å²) in [5, 5.41) is 2.91. The van der Waals surface area contributed by atoms with Crippen LogP contribution in [0.5, 0.6) is 0 Å². The number of carbonyl (C=O) groups excluding carboxylic acids is 1. The van der Waals surface area contributed by atoms with E-state index in [1.807, 2.05) is 30.3 Å². The highest BCUT2D eigenvalue weighted by Gasteiger charge is 2.16. The topological polar surface area (TPSA) is 62.6 Å². The molecule has 1 aromatic carbocycles. The van der Waals surface area contributed by atoms with Gasteiger partial charge in [-0.25, -0.2) is 0 Å². The molecule has 5 nitrogen and oxygen atoms in total.